The maximum Gasteiger partial charge on any atom is 0.231 e. The molecule has 2 N–H and O–H groups in total. The highest BCUT2D eigenvalue weighted by atomic mass is 35.5. The van der Waals surface area contributed by atoms with Crippen LogP contribution in [0.4, 0.5) is 0 Å². The SMILES string of the molecule is C/C(=C\S(N)(=O)=O)c1ccc(Cl)s1. The predicted molar refractivity (Wildman–Crippen MR) is 56.1 cm³/mol. The van der Waals surface area contributed by atoms with E-state index in [2.05, 4.69) is 0 Å². The van der Waals surface area contributed by atoms with Crippen molar-refractivity contribution in [1.82, 2.24) is 0 Å². The molecule has 0 aliphatic rings. The summed E-state index contributed by atoms with van der Waals surface area (Å²) < 4.78 is 22.0. The van der Waals surface area contributed by atoms with E-state index in [-0.39, 0.29) is 0 Å². The Labute approximate surface area is 85.9 Å². The van der Waals surface area contributed by atoms with E-state index in [9.17, 15) is 8.42 Å². The smallest absolute Gasteiger partial charge is 0.225 e. The molecule has 0 amide bonds. The van der Waals surface area contributed by atoms with Crippen molar-refractivity contribution in [3.05, 3.63) is 26.8 Å². The fourth-order valence-corrected chi connectivity index (χ4v) is 2.54. The van der Waals surface area contributed by atoms with Gasteiger partial charge in [0.25, 0.3) is 0 Å². The van der Waals surface area contributed by atoms with Crippen molar-refractivity contribution >= 4 is 38.5 Å². The molecule has 0 radical (unpaired) electrons. The van der Waals surface area contributed by atoms with Crippen molar-refractivity contribution in [2.75, 3.05) is 0 Å². The van der Waals surface area contributed by atoms with Gasteiger partial charge >= 0.3 is 0 Å². The lowest BCUT2D eigenvalue weighted by Crippen LogP contribution is -2.07. The molecule has 0 aliphatic heterocycles. The van der Waals surface area contributed by atoms with Gasteiger partial charge in [0, 0.05) is 10.3 Å². The minimum Gasteiger partial charge on any atom is -0.225 e. The van der Waals surface area contributed by atoms with Crippen LogP contribution in [-0.4, -0.2) is 8.42 Å². The number of hydrogen-bond donors (Lipinski definition) is 1. The number of rotatable bonds is 2. The van der Waals surface area contributed by atoms with Crippen molar-refractivity contribution in [2.45, 2.75) is 6.92 Å². The lowest BCUT2D eigenvalue weighted by Gasteiger charge is -1.94. The number of halogens is 1. The number of nitrogens with two attached hydrogens (primary N) is 1. The Morgan fingerprint density at radius 1 is 1.62 bits per heavy atom. The summed E-state index contributed by atoms with van der Waals surface area (Å²) in [4.78, 5) is 0.805. The minimum atomic E-state index is -3.56. The van der Waals surface area contributed by atoms with Crippen LogP contribution in [0.15, 0.2) is 17.5 Å². The third-order valence-electron chi connectivity index (χ3n) is 1.30. The lowest BCUT2D eigenvalue weighted by molar-refractivity contribution is 0.606. The molecule has 3 nitrogen and oxygen atoms in total. The van der Waals surface area contributed by atoms with E-state index in [1.54, 1.807) is 19.1 Å². The molecule has 0 unspecified atom stereocenters. The van der Waals surface area contributed by atoms with Crippen LogP contribution in [0, 0.1) is 0 Å². The molecule has 0 fully saturated rings. The van der Waals surface area contributed by atoms with Gasteiger partial charge in [-0.1, -0.05) is 11.6 Å². The van der Waals surface area contributed by atoms with Gasteiger partial charge in [0.05, 0.1) is 4.34 Å². The van der Waals surface area contributed by atoms with Gasteiger partial charge in [0.1, 0.15) is 0 Å². The Balaban J connectivity index is 3.05. The molecule has 0 spiro atoms. The third-order valence-corrected chi connectivity index (χ3v) is 3.35. The van der Waals surface area contributed by atoms with E-state index in [1.807, 2.05) is 0 Å². The van der Waals surface area contributed by atoms with Crippen molar-refractivity contribution in [3.63, 3.8) is 0 Å². The summed E-state index contributed by atoms with van der Waals surface area (Å²) in [5, 5.41) is 5.87. The van der Waals surface area contributed by atoms with Gasteiger partial charge in [-0.15, -0.1) is 11.3 Å². The van der Waals surface area contributed by atoms with Gasteiger partial charge in [-0.25, -0.2) is 13.6 Å². The molecule has 0 saturated heterocycles. The normalized spacial score (nSPS) is 13.3. The summed E-state index contributed by atoms with van der Waals surface area (Å²) in [5.74, 6) is 0. The number of hydrogen-bond acceptors (Lipinski definition) is 3. The molecule has 0 aromatic carbocycles. The van der Waals surface area contributed by atoms with Crippen LogP contribution in [0.1, 0.15) is 11.8 Å². The molecular formula is C7H8ClNO2S2. The fraction of sp³-hybridized carbons (Fsp3) is 0.143. The van der Waals surface area contributed by atoms with Crippen LogP contribution in [0.3, 0.4) is 0 Å². The molecule has 0 bridgehead atoms. The predicted octanol–water partition coefficient (Wildman–Crippen LogP) is 2.05. The van der Waals surface area contributed by atoms with E-state index in [1.165, 1.54) is 11.3 Å². The third kappa shape index (κ3) is 3.48. The van der Waals surface area contributed by atoms with Gasteiger partial charge in [0.15, 0.2) is 0 Å². The Hall–Kier alpha value is -0.360. The average Bonchev–Trinajstić information content (AvgIpc) is 2.31. The number of allylic oxidation sites excluding steroid dienone is 1. The summed E-state index contributed by atoms with van der Waals surface area (Å²) in [6.45, 7) is 1.67. The Morgan fingerprint density at radius 2 is 2.23 bits per heavy atom. The van der Waals surface area contributed by atoms with Crippen LogP contribution in [0.25, 0.3) is 5.57 Å². The number of primary sulfonamides is 1. The van der Waals surface area contributed by atoms with Crippen LogP contribution in [-0.2, 0) is 10.0 Å². The molecule has 13 heavy (non-hydrogen) atoms. The van der Waals surface area contributed by atoms with Gasteiger partial charge < -0.3 is 0 Å². The standard InChI is InChI=1S/C7H8ClNO2S2/c1-5(4-13(9,10)11)6-2-3-7(8)12-6/h2-4H,1H3,(H2,9,10,11)/b5-4+. The molecule has 1 rings (SSSR count). The van der Waals surface area contributed by atoms with Crippen molar-refractivity contribution < 1.29 is 8.42 Å². The highest BCUT2D eigenvalue weighted by Crippen LogP contribution is 2.27. The number of thiophene rings is 1. The van der Waals surface area contributed by atoms with Crippen molar-refractivity contribution in [1.29, 1.82) is 0 Å². The molecular weight excluding hydrogens is 230 g/mol. The van der Waals surface area contributed by atoms with Crippen LogP contribution in [0.5, 0.6) is 0 Å². The second-order valence-electron chi connectivity index (χ2n) is 2.49. The van der Waals surface area contributed by atoms with Crippen molar-refractivity contribution in [2.24, 2.45) is 5.14 Å². The van der Waals surface area contributed by atoms with E-state index in [0.717, 1.165) is 10.3 Å². The zero-order chi connectivity index (χ0) is 10.1. The summed E-state index contributed by atoms with van der Waals surface area (Å²) >= 11 is 7.00. The first-order valence-electron chi connectivity index (χ1n) is 3.35. The largest absolute Gasteiger partial charge is 0.231 e. The Kier molecular flexibility index (Phi) is 3.13. The van der Waals surface area contributed by atoms with E-state index in [4.69, 9.17) is 16.7 Å². The summed E-state index contributed by atoms with van der Waals surface area (Å²) in [6.07, 6.45) is 0. The van der Waals surface area contributed by atoms with Gasteiger partial charge in [-0.3, -0.25) is 0 Å². The molecule has 0 aliphatic carbocycles. The fourth-order valence-electron chi connectivity index (χ4n) is 0.831. The zero-order valence-corrected chi connectivity index (χ0v) is 9.21. The van der Waals surface area contributed by atoms with Crippen LogP contribution < -0.4 is 5.14 Å². The minimum absolute atomic E-state index is 0.597. The van der Waals surface area contributed by atoms with E-state index in [0.29, 0.717) is 9.91 Å². The molecule has 0 saturated carbocycles. The highest BCUT2D eigenvalue weighted by molar-refractivity contribution is 7.92. The first kappa shape index (κ1) is 10.7. The number of sulfonamides is 1. The van der Waals surface area contributed by atoms with Crippen LogP contribution >= 0.6 is 22.9 Å². The summed E-state index contributed by atoms with van der Waals surface area (Å²) in [6, 6.07) is 3.46. The first-order valence-corrected chi connectivity index (χ1v) is 6.16. The second kappa shape index (κ2) is 3.79. The van der Waals surface area contributed by atoms with Gasteiger partial charge in [0.2, 0.25) is 10.0 Å². The molecule has 0 atom stereocenters. The Morgan fingerprint density at radius 3 is 2.62 bits per heavy atom. The summed E-state index contributed by atoms with van der Waals surface area (Å²) in [7, 11) is -3.56. The monoisotopic (exact) mass is 237 g/mol. The quantitative estimate of drug-likeness (QED) is 0.856. The lowest BCUT2D eigenvalue weighted by atomic mass is 10.3. The maximum absolute atomic E-state index is 10.7. The molecule has 6 heteroatoms. The Bertz CT molecular complexity index is 433. The second-order valence-corrected chi connectivity index (χ2v) is 5.62. The first-order chi connectivity index (χ1) is 5.88. The highest BCUT2D eigenvalue weighted by Gasteiger charge is 2.03. The van der Waals surface area contributed by atoms with Crippen LogP contribution in [0.2, 0.25) is 4.34 Å². The molecule has 1 aromatic heterocycles. The molecule has 1 heterocycles. The van der Waals surface area contributed by atoms with E-state index >= 15 is 0 Å². The van der Waals surface area contributed by atoms with E-state index < -0.39 is 10.0 Å². The van der Waals surface area contributed by atoms with Gasteiger partial charge in [-0.05, 0) is 24.6 Å². The molecule has 72 valence electrons. The zero-order valence-electron chi connectivity index (χ0n) is 6.82. The van der Waals surface area contributed by atoms with Crippen molar-refractivity contribution in [3.8, 4) is 0 Å². The van der Waals surface area contributed by atoms with Gasteiger partial charge in [-0.2, -0.15) is 0 Å². The topological polar surface area (TPSA) is 60.2 Å². The average molecular weight is 238 g/mol. The maximum atomic E-state index is 10.7. The summed E-state index contributed by atoms with van der Waals surface area (Å²) in [5.41, 5.74) is 0.597. The molecule has 1 aromatic rings.